The number of rotatable bonds is 6. The normalized spacial score (nSPS) is 10.8. The Morgan fingerprint density at radius 2 is 2.13 bits per heavy atom. The zero-order valence-corrected chi connectivity index (χ0v) is 13.7. The molecule has 0 unspecified atom stereocenters. The number of carboxylic acids is 1. The van der Waals surface area contributed by atoms with Crippen LogP contribution in [0.5, 0.6) is 0 Å². The lowest BCUT2D eigenvalue weighted by molar-refractivity contribution is -0.136. The SMILES string of the molecule is CC(C)c1c(C(=O)NCCC(=O)O)cnn1-c1cccc(Cl)c1. The van der Waals surface area contributed by atoms with Crippen LogP contribution in [0.3, 0.4) is 0 Å². The van der Waals surface area contributed by atoms with E-state index < -0.39 is 5.97 Å². The second-order valence-electron chi connectivity index (χ2n) is 5.39. The average Bonchev–Trinajstić information content (AvgIpc) is 2.91. The van der Waals surface area contributed by atoms with Gasteiger partial charge in [-0.2, -0.15) is 5.10 Å². The number of benzene rings is 1. The van der Waals surface area contributed by atoms with Crippen molar-refractivity contribution in [3.05, 3.63) is 46.7 Å². The summed E-state index contributed by atoms with van der Waals surface area (Å²) in [6.45, 7) is 4.01. The van der Waals surface area contributed by atoms with Gasteiger partial charge in [-0.15, -0.1) is 0 Å². The Labute approximate surface area is 139 Å². The first-order chi connectivity index (χ1) is 10.9. The molecule has 0 saturated heterocycles. The zero-order chi connectivity index (χ0) is 17.0. The molecule has 2 rings (SSSR count). The van der Waals surface area contributed by atoms with Crippen molar-refractivity contribution in [1.82, 2.24) is 15.1 Å². The minimum atomic E-state index is -0.955. The second kappa shape index (κ2) is 7.28. The van der Waals surface area contributed by atoms with Gasteiger partial charge in [0.25, 0.3) is 5.91 Å². The van der Waals surface area contributed by atoms with Gasteiger partial charge in [0.15, 0.2) is 0 Å². The Morgan fingerprint density at radius 1 is 1.39 bits per heavy atom. The van der Waals surface area contributed by atoms with E-state index in [1.54, 1.807) is 16.8 Å². The summed E-state index contributed by atoms with van der Waals surface area (Å²) in [5.74, 6) is -1.23. The van der Waals surface area contributed by atoms with E-state index in [0.717, 1.165) is 11.4 Å². The quantitative estimate of drug-likeness (QED) is 0.850. The lowest BCUT2D eigenvalue weighted by Gasteiger charge is -2.13. The van der Waals surface area contributed by atoms with Crippen LogP contribution in [-0.4, -0.2) is 33.3 Å². The molecule has 7 heteroatoms. The van der Waals surface area contributed by atoms with Crippen LogP contribution < -0.4 is 5.32 Å². The molecular formula is C16H18ClN3O3. The second-order valence-corrected chi connectivity index (χ2v) is 5.83. The van der Waals surface area contributed by atoms with E-state index in [4.69, 9.17) is 16.7 Å². The Hall–Kier alpha value is -2.34. The van der Waals surface area contributed by atoms with E-state index in [-0.39, 0.29) is 24.8 Å². The number of nitrogens with zero attached hydrogens (tertiary/aromatic N) is 2. The highest BCUT2D eigenvalue weighted by atomic mass is 35.5. The third-order valence-electron chi connectivity index (χ3n) is 3.28. The molecule has 0 aliphatic rings. The summed E-state index contributed by atoms with van der Waals surface area (Å²) in [7, 11) is 0. The van der Waals surface area contributed by atoms with Gasteiger partial charge < -0.3 is 10.4 Å². The number of hydrogen-bond acceptors (Lipinski definition) is 3. The van der Waals surface area contributed by atoms with Crippen molar-refractivity contribution < 1.29 is 14.7 Å². The number of halogens is 1. The van der Waals surface area contributed by atoms with Crippen molar-refractivity contribution in [3.63, 3.8) is 0 Å². The third kappa shape index (κ3) is 4.10. The highest BCUT2D eigenvalue weighted by molar-refractivity contribution is 6.30. The molecular weight excluding hydrogens is 318 g/mol. The number of aromatic nitrogens is 2. The molecule has 0 aliphatic heterocycles. The fourth-order valence-corrected chi connectivity index (χ4v) is 2.46. The molecule has 0 atom stereocenters. The fourth-order valence-electron chi connectivity index (χ4n) is 2.28. The van der Waals surface area contributed by atoms with Gasteiger partial charge in [-0.3, -0.25) is 9.59 Å². The maximum Gasteiger partial charge on any atom is 0.305 e. The van der Waals surface area contributed by atoms with Crippen LogP contribution in [-0.2, 0) is 4.79 Å². The molecule has 0 radical (unpaired) electrons. The molecule has 0 spiro atoms. The van der Waals surface area contributed by atoms with Crippen molar-refractivity contribution >= 4 is 23.5 Å². The number of carbonyl (C=O) groups is 2. The number of carboxylic acid groups (broad SMARTS) is 1. The number of aliphatic carboxylic acids is 1. The fraction of sp³-hybridized carbons (Fsp3) is 0.312. The average molecular weight is 336 g/mol. The Morgan fingerprint density at radius 3 is 2.74 bits per heavy atom. The van der Waals surface area contributed by atoms with Crippen molar-refractivity contribution in [3.8, 4) is 5.69 Å². The molecule has 0 fully saturated rings. The lowest BCUT2D eigenvalue weighted by Crippen LogP contribution is -2.27. The van der Waals surface area contributed by atoms with E-state index in [2.05, 4.69) is 10.4 Å². The van der Waals surface area contributed by atoms with E-state index >= 15 is 0 Å². The Balaban J connectivity index is 2.31. The predicted molar refractivity (Wildman–Crippen MR) is 87.2 cm³/mol. The summed E-state index contributed by atoms with van der Waals surface area (Å²) in [5, 5.41) is 16.1. The molecule has 0 aliphatic carbocycles. The first-order valence-electron chi connectivity index (χ1n) is 7.24. The van der Waals surface area contributed by atoms with E-state index in [9.17, 15) is 9.59 Å². The van der Waals surface area contributed by atoms with Crippen molar-refractivity contribution in [1.29, 1.82) is 0 Å². The summed E-state index contributed by atoms with van der Waals surface area (Å²) >= 11 is 6.02. The highest BCUT2D eigenvalue weighted by Crippen LogP contribution is 2.24. The molecule has 1 aromatic heterocycles. The maximum absolute atomic E-state index is 12.3. The van der Waals surface area contributed by atoms with E-state index in [1.165, 1.54) is 6.20 Å². The van der Waals surface area contributed by atoms with Gasteiger partial charge in [0.05, 0.1) is 29.6 Å². The van der Waals surface area contributed by atoms with Crippen LogP contribution in [0.2, 0.25) is 5.02 Å². The summed E-state index contributed by atoms with van der Waals surface area (Å²) in [4.78, 5) is 22.8. The molecule has 1 aromatic carbocycles. The molecule has 1 heterocycles. The van der Waals surface area contributed by atoms with Gasteiger partial charge in [0, 0.05) is 11.6 Å². The van der Waals surface area contributed by atoms with Crippen molar-refractivity contribution in [2.75, 3.05) is 6.54 Å². The Bertz CT molecular complexity index is 725. The maximum atomic E-state index is 12.3. The summed E-state index contributed by atoms with van der Waals surface area (Å²) in [5.41, 5.74) is 1.95. The lowest BCUT2D eigenvalue weighted by atomic mass is 10.0. The van der Waals surface area contributed by atoms with E-state index in [1.807, 2.05) is 26.0 Å². The van der Waals surface area contributed by atoms with Crippen molar-refractivity contribution in [2.45, 2.75) is 26.2 Å². The molecule has 1 amide bonds. The van der Waals surface area contributed by atoms with Gasteiger partial charge in [-0.1, -0.05) is 31.5 Å². The Kier molecular flexibility index (Phi) is 5.39. The topological polar surface area (TPSA) is 84.2 Å². The standard InChI is InChI=1S/C16H18ClN3O3/c1-10(2)15-13(16(23)18-7-6-14(21)22)9-19-20(15)12-5-3-4-11(17)8-12/h3-5,8-10H,6-7H2,1-2H3,(H,18,23)(H,21,22). The van der Waals surface area contributed by atoms with E-state index in [0.29, 0.717) is 10.6 Å². The summed E-state index contributed by atoms with van der Waals surface area (Å²) < 4.78 is 1.68. The summed E-state index contributed by atoms with van der Waals surface area (Å²) in [6.07, 6.45) is 1.37. The first kappa shape index (κ1) is 17.0. The zero-order valence-electron chi connectivity index (χ0n) is 12.9. The van der Waals surface area contributed by atoms with Crippen LogP contribution in [0, 0.1) is 0 Å². The monoisotopic (exact) mass is 335 g/mol. The minimum Gasteiger partial charge on any atom is -0.481 e. The molecule has 0 bridgehead atoms. The smallest absolute Gasteiger partial charge is 0.305 e. The van der Waals surface area contributed by atoms with Crippen LogP contribution in [0.4, 0.5) is 0 Å². The predicted octanol–water partition coefficient (Wildman–Crippen LogP) is 2.85. The van der Waals surface area contributed by atoms with Gasteiger partial charge in [-0.05, 0) is 24.1 Å². The molecule has 0 saturated carbocycles. The minimum absolute atomic E-state index is 0.0525. The molecule has 2 aromatic rings. The number of hydrogen-bond donors (Lipinski definition) is 2. The number of nitrogens with one attached hydrogen (secondary N) is 1. The van der Waals surface area contributed by atoms with Gasteiger partial charge in [0.2, 0.25) is 0 Å². The van der Waals surface area contributed by atoms with Crippen LogP contribution >= 0.6 is 11.6 Å². The van der Waals surface area contributed by atoms with Crippen LogP contribution in [0.1, 0.15) is 42.2 Å². The molecule has 23 heavy (non-hydrogen) atoms. The first-order valence-corrected chi connectivity index (χ1v) is 7.61. The van der Waals surface area contributed by atoms with Gasteiger partial charge >= 0.3 is 5.97 Å². The summed E-state index contributed by atoms with van der Waals surface area (Å²) in [6, 6.07) is 7.21. The van der Waals surface area contributed by atoms with Crippen LogP contribution in [0.25, 0.3) is 5.69 Å². The third-order valence-corrected chi connectivity index (χ3v) is 3.51. The highest BCUT2D eigenvalue weighted by Gasteiger charge is 2.20. The largest absolute Gasteiger partial charge is 0.481 e. The number of carbonyl (C=O) groups excluding carboxylic acids is 1. The molecule has 2 N–H and O–H groups in total. The number of amides is 1. The molecule has 6 nitrogen and oxygen atoms in total. The van der Waals surface area contributed by atoms with Gasteiger partial charge in [0.1, 0.15) is 0 Å². The van der Waals surface area contributed by atoms with Crippen molar-refractivity contribution in [2.24, 2.45) is 0 Å². The van der Waals surface area contributed by atoms with Gasteiger partial charge in [-0.25, -0.2) is 4.68 Å². The molecule has 122 valence electrons. The van der Waals surface area contributed by atoms with Crippen LogP contribution in [0.15, 0.2) is 30.5 Å².